The van der Waals surface area contributed by atoms with E-state index in [0.29, 0.717) is 16.3 Å². The fraction of sp³-hybridized carbons (Fsp3) is 0.0588. The summed E-state index contributed by atoms with van der Waals surface area (Å²) in [6.07, 6.45) is 1.11. The van der Waals surface area contributed by atoms with E-state index in [1.54, 1.807) is 25.1 Å². The normalized spacial score (nSPS) is 10.5. The van der Waals surface area contributed by atoms with Gasteiger partial charge in [0.1, 0.15) is 6.33 Å². The molecule has 0 radical (unpaired) electrons. The lowest BCUT2D eigenvalue weighted by Gasteiger charge is -2.12. The van der Waals surface area contributed by atoms with Crippen LogP contribution < -0.4 is 10.6 Å². The summed E-state index contributed by atoms with van der Waals surface area (Å²) >= 11 is 6.06. The second kappa shape index (κ2) is 7.50. The Morgan fingerprint density at radius 1 is 1.07 bits per heavy atom. The number of hydrogen-bond donors (Lipinski definition) is 2. The van der Waals surface area contributed by atoms with Gasteiger partial charge in [0.2, 0.25) is 11.6 Å². The Morgan fingerprint density at radius 3 is 2.44 bits per heavy atom. The van der Waals surface area contributed by atoms with Crippen LogP contribution in [0.1, 0.15) is 5.56 Å². The van der Waals surface area contributed by atoms with E-state index in [2.05, 4.69) is 20.6 Å². The minimum atomic E-state index is -1.09. The molecular formula is C17H12ClF2N5O2. The van der Waals surface area contributed by atoms with Gasteiger partial charge in [-0.25, -0.2) is 18.7 Å². The number of halogens is 3. The molecule has 2 aromatic carbocycles. The first-order valence-corrected chi connectivity index (χ1v) is 7.98. The highest BCUT2D eigenvalue weighted by Gasteiger charge is 2.24. The third-order valence-corrected chi connectivity index (χ3v) is 4.12. The van der Waals surface area contributed by atoms with Gasteiger partial charge < -0.3 is 10.6 Å². The Hall–Kier alpha value is -3.33. The van der Waals surface area contributed by atoms with Crippen molar-refractivity contribution >= 4 is 40.3 Å². The van der Waals surface area contributed by atoms with Crippen LogP contribution in [0.15, 0.2) is 42.7 Å². The Morgan fingerprint density at radius 2 is 1.78 bits per heavy atom. The van der Waals surface area contributed by atoms with Gasteiger partial charge in [-0.05, 0) is 36.8 Å². The van der Waals surface area contributed by atoms with Gasteiger partial charge in [-0.2, -0.15) is 0 Å². The molecule has 0 unspecified atom stereocenters. The summed E-state index contributed by atoms with van der Waals surface area (Å²) in [5, 5.41) is 17.5. The van der Waals surface area contributed by atoms with Gasteiger partial charge in [0.25, 0.3) is 0 Å². The first-order chi connectivity index (χ1) is 12.9. The van der Waals surface area contributed by atoms with Crippen LogP contribution in [0.3, 0.4) is 0 Å². The van der Waals surface area contributed by atoms with Gasteiger partial charge in [0.05, 0.1) is 4.92 Å². The summed E-state index contributed by atoms with van der Waals surface area (Å²) in [5.74, 6) is -2.38. The van der Waals surface area contributed by atoms with Gasteiger partial charge in [-0.3, -0.25) is 10.1 Å². The average Bonchev–Trinajstić information content (AvgIpc) is 2.62. The lowest BCUT2D eigenvalue weighted by molar-refractivity contribution is -0.383. The van der Waals surface area contributed by atoms with Crippen LogP contribution in [-0.4, -0.2) is 14.9 Å². The maximum absolute atomic E-state index is 13.4. The lowest BCUT2D eigenvalue weighted by Crippen LogP contribution is -2.06. The van der Waals surface area contributed by atoms with E-state index in [4.69, 9.17) is 11.6 Å². The smallest absolute Gasteiger partial charge is 0.334 e. The van der Waals surface area contributed by atoms with E-state index >= 15 is 0 Å². The summed E-state index contributed by atoms with van der Waals surface area (Å²) in [6, 6.07) is 8.07. The monoisotopic (exact) mass is 391 g/mol. The van der Waals surface area contributed by atoms with Crippen molar-refractivity contribution in [2.75, 3.05) is 10.6 Å². The zero-order valence-corrected chi connectivity index (χ0v) is 14.6. The Labute approximate surface area is 157 Å². The van der Waals surface area contributed by atoms with Crippen LogP contribution in [0.4, 0.5) is 37.5 Å². The fourth-order valence-electron chi connectivity index (χ4n) is 2.32. The SMILES string of the molecule is Cc1c(Cl)cccc1Nc1ncnc(Nc2ccc(F)c(F)c2)c1[N+](=O)[O-]. The molecule has 3 aromatic rings. The molecule has 0 saturated carbocycles. The average molecular weight is 392 g/mol. The molecule has 27 heavy (non-hydrogen) atoms. The van der Waals surface area contributed by atoms with Crippen molar-refractivity contribution in [1.82, 2.24) is 9.97 Å². The molecule has 0 bridgehead atoms. The third-order valence-electron chi connectivity index (χ3n) is 3.71. The number of nitrogens with zero attached hydrogens (tertiary/aromatic N) is 3. The number of rotatable bonds is 5. The first kappa shape index (κ1) is 18.5. The summed E-state index contributed by atoms with van der Waals surface area (Å²) in [6.45, 7) is 1.75. The molecule has 0 atom stereocenters. The van der Waals surface area contributed by atoms with Gasteiger partial charge >= 0.3 is 5.69 Å². The molecule has 0 amide bonds. The minimum Gasteiger partial charge on any atom is -0.334 e. The first-order valence-electron chi connectivity index (χ1n) is 7.60. The van der Waals surface area contributed by atoms with Crippen LogP contribution in [0.25, 0.3) is 0 Å². The van der Waals surface area contributed by atoms with Crippen LogP contribution in [0.2, 0.25) is 5.02 Å². The van der Waals surface area contributed by atoms with E-state index in [-0.39, 0.29) is 17.3 Å². The molecule has 0 saturated heterocycles. The zero-order chi connectivity index (χ0) is 19.6. The van der Waals surface area contributed by atoms with Crippen molar-refractivity contribution in [3.05, 3.63) is 75.1 Å². The molecule has 0 aliphatic rings. The fourth-order valence-corrected chi connectivity index (χ4v) is 2.49. The van der Waals surface area contributed by atoms with E-state index in [0.717, 1.165) is 18.5 Å². The van der Waals surface area contributed by atoms with Crippen molar-refractivity contribution in [2.45, 2.75) is 6.92 Å². The predicted octanol–water partition coefficient (Wildman–Crippen LogP) is 5.11. The summed E-state index contributed by atoms with van der Waals surface area (Å²) < 4.78 is 26.4. The summed E-state index contributed by atoms with van der Waals surface area (Å²) in [7, 11) is 0. The number of nitrogens with one attached hydrogen (secondary N) is 2. The van der Waals surface area contributed by atoms with Crippen molar-refractivity contribution in [3.8, 4) is 0 Å². The second-order valence-electron chi connectivity index (χ2n) is 5.47. The molecule has 10 heteroatoms. The van der Waals surface area contributed by atoms with E-state index in [9.17, 15) is 18.9 Å². The zero-order valence-electron chi connectivity index (χ0n) is 13.8. The Balaban J connectivity index is 2.01. The summed E-state index contributed by atoms with van der Waals surface area (Å²) in [5.41, 5.74) is 0.854. The van der Waals surface area contributed by atoms with Gasteiger partial charge in [0, 0.05) is 22.5 Å². The molecule has 2 N–H and O–H groups in total. The highest BCUT2D eigenvalue weighted by atomic mass is 35.5. The molecule has 0 fully saturated rings. The number of anilines is 4. The molecule has 1 aromatic heterocycles. The topological polar surface area (TPSA) is 93.0 Å². The van der Waals surface area contributed by atoms with Crippen molar-refractivity contribution in [3.63, 3.8) is 0 Å². The molecule has 0 aliphatic heterocycles. The number of benzene rings is 2. The van der Waals surface area contributed by atoms with Crippen LogP contribution >= 0.6 is 11.6 Å². The van der Waals surface area contributed by atoms with Crippen LogP contribution in [0, 0.1) is 28.7 Å². The standard InChI is InChI=1S/C17H12ClF2N5O2/c1-9-11(18)3-2-4-14(9)24-17-15(25(26)27)16(21-8-22-17)23-10-5-6-12(19)13(20)7-10/h2-8H,1H3,(H2,21,22,23,24). The summed E-state index contributed by atoms with van der Waals surface area (Å²) in [4.78, 5) is 18.7. The van der Waals surface area contributed by atoms with Gasteiger partial charge in [-0.1, -0.05) is 17.7 Å². The van der Waals surface area contributed by atoms with Crippen LogP contribution in [-0.2, 0) is 0 Å². The highest BCUT2D eigenvalue weighted by Crippen LogP contribution is 2.34. The van der Waals surface area contributed by atoms with Gasteiger partial charge in [0.15, 0.2) is 11.6 Å². The lowest BCUT2D eigenvalue weighted by atomic mass is 10.2. The Kier molecular flexibility index (Phi) is 5.13. The molecular weight excluding hydrogens is 380 g/mol. The maximum atomic E-state index is 13.4. The van der Waals surface area contributed by atoms with E-state index in [1.807, 2.05) is 0 Å². The second-order valence-corrected chi connectivity index (χ2v) is 5.88. The van der Waals surface area contributed by atoms with Crippen molar-refractivity contribution in [1.29, 1.82) is 0 Å². The number of aromatic nitrogens is 2. The van der Waals surface area contributed by atoms with E-state index < -0.39 is 22.2 Å². The van der Waals surface area contributed by atoms with Crippen molar-refractivity contribution in [2.24, 2.45) is 0 Å². The number of nitro groups is 1. The molecule has 0 spiro atoms. The molecule has 1 heterocycles. The number of hydrogen-bond acceptors (Lipinski definition) is 6. The molecule has 3 rings (SSSR count). The molecule has 7 nitrogen and oxygen atoms in total. The highest BCUT2D eigenvalue weighted by molar-refractivity contribution is 6.31. The van der Waals surface area contributed by atoms with Crippen molar-refractivity contribution < 1.29 is 13.7 Å². The molecule has 138 valence electrons. The molecule has 0 aliphatic carbocycles. The quantitative estimate of drug-likeness (QED) is 0.463. The Bertz CT molecular complexity index is 1030. The van der Waals surface area contributed by atoms with E-state index in [1.165, 1.54) is 6.07 Å². The van der Waals surface area contributed by atoms with Crippen LogP contribution in [0.5, 0.6) is 0 Å². The largest absolute Gasteiger partial charge is 0.353 e. The third kappa shape index (κ3) is 3.93. The minimum absolute atomic E-state index is 0.0783. The predicted molar refractivity (Wildman–Crippen MR) is 97.8 cm³/mol. The van der Waals surface area contributed by atoms with Gasteiger partial charge in [-0.15, -0.1) is 0 Å². The maximum Gasteiger partial charge on any atom is 0.353 e.